The highest BCUT2D eigenvalue weighted by Crippen LogP contribution is 2.12. The Hall–Kier alpha value is -3.02. The normalized spacial score (nSPS) is 10.0. The van der Waals surface area contributed by atoms with Gasteiger partial charge in [0.1, 0.15) is 5.75 Å². The van der Waals surface area contributed by atoms with Gasteiger partial charge in [0.2, 0.25) is 0 Å². The summed E-state index contributed by atoms with van der Waals surface area (Å²) in [4.78, 5) is 23.5. The minimum atomic E-state index is -0.349. The van der Waals surface area contributed by atoms with Crippen molar-refractivity contribution in [2.75, 3.05) is 13.7 Å². The number of amides is 2. The van der Waals surface area contributed by atoms with Crippen LogP contribution in [0.4, 0.5) is 4.79 Å². The predicted octanol–water partition coefficient (Wildman–Crippen LogP) is 2.87. The first-order valence-corrected chi connectivity index (χ1v) is 8.03. The minimum Gasteiger partial charge on any atom is -0.497 e. The van der Waals surface area contributed by atoms with Crippen LogP contribution in [0.1, 0.15) is 28.4 Å². The van der Waals surface area contributed by atoms with Gasteiger partial charge in [0.25, 0.3) is 0 Å². The van der Waals surface area contributed by atoms with Gasteiger partial charge in [-0.05, 0) is 42.3 Å². The molecule has 0 aliphatic heterocycles. The molecule has 6 heteroatoms. The van der Waals surface area contributed by atoms with Crippen LogP contribution in [0, 0.1) is 0 Å². The van der Waals surface area contributed by atoms with E-state index in [1.54, 1.807) is 38.3 Å². The Bertz CT molecular complexity index is 714. The number of esters is 1. The largest absolute Gasteiger partial charge is 0.497 e. The van der Waals surface area contributed by atoms with E-state index in [0.717, 1.165) is 16.9 Å². The van der Waals surface area contributed by atoms with Crippen LogP contribution in [0.5, 0.6) is 5.75 Å². The summed E-state index contributed by atoms with van der Waals surface area (Å²) < 4.78 is 10.1. The van der Waals surface area contributed by atoms with Gasteiger partial charge in [-0.25, -0.2) is 9.59 Å². The highest BCUT2D eigenvalue weighted by atomic mass is 16.5. The lowest BCUT2D eigenvalue weighted by Gasteiger charge is -2.09. The molecular formula is C19H22N2O4. The zero-order chi connectivity index (χ0) is 18.1. The highest BCUT2D eigenvalue weighted by molar-refractivity contribution is 5.89. The molecule has 0 saturated carbocycles. The average molecular weight is 342 g/mol. The lowest BCUT2D eigenvalue weighted by molar-refractivity contribution is 0.0526. The third-order valence-corrected chi connectivity index (χ3v) is 3.51. The Balaban J connectivity index is 1.78. The summed E-state index contributed by atoms with van der Waals surface area (Å²) in [6, 6.07) is 14.2. The van der Waals surface area contributed by atoms with Gasteiger partial charge in [0, 0.05) is 13.1 Å². The van der Waals surface area contributed by atoms with E-state index in [1.807, 2.05) is 24.3 Å². The number of hydrogen-bond acceptors (Lipinski definition) is 4. The fourth-order valence-corrected chi connectivity index (χ4v) is 2.18. The fourth-order valence-electron chi connectivity index (χ4n) is 2.18. The van der Waals surface area contributed by atoms with Crippen molar-refractivity contribution < 1.29 is 19.1 Å². The molecule has 2 aromatic rings. The van der Waals surface area contributed by atoms with E-state index >= 15 is 0 Å². The number of hydrogen-bond donors (Lipinski definition) is 2. The standard InChI is InChI=1S/C19H22N2O4/c1-3-25-18(22)16-9-7-14(8-10-16)12-20-19(23)21-13-15-5-4-6-17(11-15)24-2/h4-11H,3,12-13H2,1-2H3,(H2,20,21,23). The molecular weight excluding hydrogens is 320 g/mol. The average Bonchev–Trinajstić information content (AvgIpc) is 2.65. The third kappa shape index (κ3) is 5.84. The van der Waals surface area contributed by atoms with E-state index in [1.165, 1.54) is 0 Å². The number of rotatable bonds is 7. The molecule has 0 saturated heterocycles. The van der Waals surface area contributed by atoms with E-state index in [0.29, 0.717) is 25.3 Å². The molecule has 0 bridgehead atoms. The second-order valence-electron chi connectivity index (χ2n) is 5.31. The van der Waals surface area contributed by atoms with Crippen molar-refractivity contribution in [3.05, 3.63) is 65.2 Å². The maximum absolute atomic E-state index is 11.9. The van der Waals surface area contributed by atoms with Crippen molar-refractivity contribution in [3.8, 4) is 5.75 Å². The smallest absolute Gasteiger partial charge is 0.338 e. The van der Waals surface area contributed by atoms with Gasteiger partial charge in [-0.2, -0.15) is 0 Å². The Morgan fingerprint density at radius 3 is 2.28 bits per heavy atom. The molecule has 0 aromatic heterocycles. The molecule has 0 aliphatic rings. The van der Waals surface area contributed by atoms with Crippen LogP contribution in [0.2, 0.25) is 0 Å². The number of methoxy groups -OCH3 is 1. The van der Waals surface area contributed by atoms with Gasteiger partial charge < -0.3 is 20.1 Å². The zero-order valence-electron chi connectivity index (χ0n) is 14.4. The van der Waals surface area contributed by atoms with Crippen LogP contribution < -0.4 is 15.4 Å². The molecule has 2 N–H and O–H groups in total. The molecule has 25 heavy (non-hydrogen) atoms. The zero-order valence-corrected chi connectivity index (χ0v) is 14.4. The van der Waals surface area contributed by atoms with E-state index in [4.69, 9.17) is 9.47 Å². The van der Waals surface area contributed by atoms with Crippen LogP contribution >= 0.6 is 0 Å². The summed E-state index contributed by atoms with van der Waals surface area (Å²) >= 11 is 0. The van der Waals surface area contributed by atoms with Gasteiger partial charge in [-0.3, -0.25) is 0 Å². The summed E-state index contributed by atoms with van der Waals surface area (Å²) in [5, 5.41) is 5.56. The molecule has 2 aromatic carbocycles. The van der Waals surface area contributed by atoms with Crippen molar-refractivity contribution in [3.63, 3.8) is 0 Å². The lowest BCUT2D eigenvalue weighted by Crippen LogP contribution is -2.34. The molecule has 0 radical (unpaired) electrons. The van der Waals surface area contributed by atoms with E-state index in [-0.39, 0.29) is 12.0 Å². The van der Waals surface area contributed by atoms with E-state index < -0.39 is 0 Å². The predicted molar refractivity (Wildman–Crippen MR) is 94.5 cm³/mol. The molecule has 0 fully saturated rings. The second-order valence-corrected chi connectivity index (χ2v) is 5.31. The van der Waals surface area contributed by atoms with Crippen molar-refractivity contribution in [2.24, 2.45) is 0 Å². The summed E-state index contributed by atoms with van der Waals surface area (Å²) in [5.74, 6) is 0.402. The Morgan fingerprint density at radius 1 is 0.960 bits per heavy atom. The second kappa shape index (κ2) is 9.32. The molecule has 2 amide bonds. The van der Waals surface area contributed by atoms with E-state index in [9.17, 15) is 9.59 Å². The van der Waals surface area contributed by atoms with Gasteiger partial charge in [-0.15, -0.1) is 0 Å². The number of benzene rings is 2. The lowest BCUT2D eigenvalue weighted by atomic mass is 10.1. The van der Waals surface area contributed by atoms with Crippen LogP contribution in [0.3, 0.4) is 0 Å². The highest BCUT2D eigenvalue weighted by Gasteiger charge is 2.06. The molecule has 2 rings (SSSR count). The Kier molecular flexibility index (Phi) is 6.83. The van der Waals surface area contributed by atoms with Crippen molar-refractivity contribution in [2.45, 2.75) is 20.0 Å². The molecule has 6 nitrogen and oxygen atoms in total. The number of carbonyl (C=O) groups is 2. The summed E-state index contributed by atoms with van der Waals surface area (Å²) in [6.45, 7) is 2.88. The molecule has 0 aliphatic carbocycles. The first kappa shape index (κ1) is 18.3. The third-order valence-electron chi connectivity index (χ3n) is 3.51. The molecule has 0 unspecified atom stereocenters. The van der Waals surface area contributed by atoms with Gasteiger partial charge in [-0.1, -0.05) is 24.3 Å². The fraction of sp³-hybridized carbons (Fsp3) is 0.263. The first-order valence-electron chi connectivity index (χ1n) is 8.03. The molecule has 0 spiro atoms. The van der Waals surface area contributed by atoms with Crippen molar-refractivity contribution in [1.82, 2.24) is 10.6 Å². The topological polar surface area (TPSA) is 76.7 Å². The summed E-state index contributed by atoms with van der Waals surface area (Å²) in [7, 11) is 1.60. The monoisotopic (exact) mass is 342 g/mol. The molecule has 0 atom stereocenters. The maximum Gasteiger partial charge on any atom is 0.338 e. The number of nitrogens with one attached hydrogen (secondary N) is 2. The van der Waals surface area contributed by atoms with E-state index in [2.05, 4.69) is 10.6 Å². The van der Waals surface area contributed by atoms with Crippen LogP contribution in [0.25, 0.3) is 0 Å². The maximum atomic E-state index is 11.9. The number of carbonyl (C=O) groups excluding carboxylic acids is 2. The van der Waals surface area contributed by atoms with Crippen molar-refractivity contribution in [1.29, 1.82) is 0 Å². The van der Waals surface area contributed by atoms with Gasteiger partial charge in [0.15, 0.2) is 0 Å². The summed E-state index contributed by atoms with van der Waals surface area (Å²) in [5.41, 5.74) is 2.34. The molecule has 0 heterocycles. The van der Waals surface area contributed by atoms with Crippen molar-refractivity contribution >= 4 is 12.0 Å². The minimum absolute atomic E-state index is 0.266. The molecule has 132 valence electrons. The number of urea groups is 1. The number of ether oxygens (including phenoxy) is 2. The Morgan fingerprint density at radius 2 is 1.64 bits per heavy atom. The van der Waals surface area contributed by atoms with Crippen LogP contribution in [0.15, 0.2) is 48.5 Å². The van der Waals surface area contributed by atoms with Gasteiger partial charge >= 0.3 is 12.0 Å². The van der Waals surface area contributed by atoms with Crippen LogP contribution in [-0.2, 0) is 17.8 Å². The Labute approximate surface area is 147 Å². The quantitative estimate of drug-likeness (QED) is 0.759. The SMILES string of the molecule is CCOC(=O)c1ccc(CNC(=O)NCc2cccc(OC)c2)cc1. The summed E-state index contributed by atoms with van der Waals surface area (Å²) in [6.07, 6.45) is 0. The van der Waals surface area contributed by atoms with Crippen LogP contribution in [-0.4, -0.2) is 25.7 Å². The first-order chi connectivity index (χ1) is 12.1. The van der Waals surface area contributed by atoms with Gasteiger partial charge in [0.05, 0.1) is 19.3 Å².